The zero-order chi connectivity index (χ0) is 23.9. The van der Waals surface area contributed by atoms with Crippen LogP contribution < -0.4 is 10.7 Å². The van der Waals surface area contributed by atoms with E-state index in [0.29, 0.717) is 36.3 Å². The fraction of sp³-hybridized carbons (Fsp3) is 0.692. The van der Waals surface area contributed by atoms with Crippen molar-refractivity contribution in [3.8, 4) is 0 Å². The van der Waals surface area contributed by atoms with Crippen LogP contribution in [0.3, 0.4) is 0 Å². The Morgan fingerprint density at radius 3 is 2.30 bits per heavy atom. The van der Waals surface area contributed by atoms with E-state index in [-0.39, 0.29) is 11.7 Å². The second-order valence-electron chi connectivity index (χ2n) is 12.2. The third-order valence-corrected chi connectivity index (χ3v) is 6.83. The molecule has 0 unspecified atom stereocenters. The normalized spacial score (nSPS) is 25.2. The fourth-order valence-electron chi connectivity index (χ4n) is 5.34. The number of hydrogen-bond donors (Lipinski definition) is 1. The number of hydrazone groups is 1. The number of anilines is 1. The van der Waals surface area contributed by atoms with E-state index in [1.165, 1.54) is 25.3 Å². The maximum absolute atomic E-state index is 5.75. The summed E-state index contributed by atoms with van der Waals surface area (Å²) >= 11 is 0. The molecule has 0 saturated carbocycles. The molecule has 0 radical (unpaired) electrons. The number of aryl methyl sites for hydroxylation is 1. The summed E-state index contributed by atoms with van der Waals surface area (Å²) in [7, 11) is 0. The molecule has 182 valence electrons. The van der Waals surface area contributed by atoms with Crippen LogP contribution in [0.1, 0.15) is 45.7 Å². The average molecular weight is 456 g/mol. The molecule has 3 heterocycles. The van der Waals surface area contributed by atoms with E-state index in [1.54, 1.807) is 6.21 Å². The van der Waals surface area contributed by atoms with Crippen molar-refractivity contribution in [2.75, 3.05) is 57.4 Å². The van der Waals surface area contributed by atoms with Gasteiger partial charge in [-0.3, -0.25) is 4.99 Å². The molecule has 0 atom stereocenters. The predicted molar refractivity (Wildman–Crippen MR) is 135 cm³/mol. The van der Waals surface area contributed by atoms with Gasteiger partial charge in [-0.15, -0.1) is 0 Å². The van der Waals surface area contributed by atoms with Gasteiger partial charge in [-0.1, -0.05) is 40.7 Å². The molecular formula is C26H41N5O2. The second kappa shape index (κ2) is 9.01. The number of hydrogen-bond acceptors (Lipinski definition) is 7. The largest absolute Gasteiger partial charge is 0.370 e. The molecule has 7 heteroatoms. The molecule has 0 amide bonds. The first kappa shape index (κ1) is 24.2. The third-order valence-electron chi connectivity index (χ3n) is 6.83. The molecule has 3 saturated heterocycles. The Bertz CT molecular complexity index is 899. The van der Waals surface area contributed by atoms with Crippen LogP contribution in [0.4, 0.5) is 5.69 Å². The Hall–Kier alpha value is -1.96. The molecule has 0 bridgehead atoms. The SMILES string of the molecule is Cc1cc(N2CC(C)(CN3CC(C)(C)C3)C2)ccc1/C(C=NCC1OCC(C)(C)CO1)=N/N. The van der Waals surface area contributed by atoms with Crippen molar-refractivity contribution in [3.63, 3.8) is 0 Å². The minimum absolute atomic E-state index is 0.0582. The van der Waals surface area contributed by atoms with Gasteiger partial charge in [0.15, 0.2) is 6.29 Å². The van der Waals surface area contributed by atoms with E-state index < -0.39 is 0 Å². The van der Waals surface area contributed by atoms with Gasteiger partial charge in [-0.25, -0.2) is 0 Å². The minimum atomic E-state index is -0.306. The van der Waals surface area contributed by atoms with Crippen molar-refractivity contribution in [1.29, 1.82) is 0 Å². The highest BCUT2D eigenvalue weighted by Crippen LogP contribution is 2.39. The Morgan fingerprint density at radius 1 is 1.06 bits per heavy atom. The third kappa shape index (κ3) is 5.76. The van der Waals surface area contributed by atoms with Gasteiger partial charge in [0.1, 0.15) is 5.71 Å². The standard InChI is InChI=1S/C26H41N5O2/c1-19-9-20(31-15-26(6,16-31)14-30-12-24(2,3)13-30)7-8-21(19)22(29-27)10-28-11-23-32-17-25(4,5)18-33-23/h7-10,23H,11-18,27H2,1-6H3/b28-10?,29-22+. The highest BCUT2D eigenvalue weighted by Gasteiger charge is 2.44. The van der Waals surface area contributed by atoms with Crippen LogP contribution in [0.15, 0.2) is 28.3 Å². The molecular weight excluding hydrogens is 414 g/mol. The monoisotopic (exact) mass is 455 g/mol. The minimum Gasteiger partial charge on any atom is -0.370 e. The zero-order valence-corrected chi connectivity index (χ0v) is 21.2. The first-order valence-electron chi connectivity index (χ1n) is 12.1. The van der Waals surface area contributed by atoms with E-state index in [9.17, 15) is 0 Å². The topological polar surface area (TPSA) is 75.7 Å². The fourth-order valence-corrected chi connectivity index (χ4v) is 5.34. The Morgan fingerprint density at radius 2 is 1.73 bits per heavy atom. The lowest BCUT2D eigenvalue weighted by Gasteiger charge is -2.55. The highest BCUT2D eigenvalue weighted by atomic mass is 16.7. The quantitative estimate of drug-likeness (QED) is 0.388. The maximum atomic E-state index is 5.75. The van der Waals surface area contributed by atoms with E-state index >= 15 is 0 Å². The summed E-state index contributed by atoms with van der Waals surface area (Å²) in [5.41, 5.74) is 5.00. The van der Waals surface area contributed by atoms with Gasteiger partial charge in [-0.05, 0) is 30.0 Å². The number of nitrogens with two attached hydrogens (primary N) is 1. The van der Waals surface area contributed by atoms with Crippen LogP contribution in [0, 0.1) is 23.2 Å². The predicted octanol–water partition coefficient (Wildman–Crippen LogP) is 3.30. The summed E-state index contributed by atoms with van der Waals surface area (Å²) < 4.78 is 11.5. The number of ether oxygens (including phenoxy) is 2. The Balaban J connectivity index is 1.30. The van der Waals surface area contributed by atoms with Crippen molar-refractivity contribution in [2.24, 2.45) is 32.2 Å². The Kier molecular flexibility index (Phi) is 6.60. The number of likely N-dealkylation sites (tertiary alicyclic amines) is 1. The second-order valence-corrected chi connectivity index (χ2v) is 12.2. The summed E-state index contributed by atoms with van der Waals surface area (Å²) in [5, 5.41) is 3.98. The number of aliphatic imine (C=N–C) groups is 1. The van der Waals surface area contributed by atoms with Crippen molar-refractivity contribution in [2.45, 2.75) is 47.8 Å². The highest BCUT2D eigenvalue weighted by molar-refractivity contribution is 6.38. The van der Waals surface area contributed by atoms with Crippen molar-refractivity contribution >= 4 is 17.6 Å². The first-order valence-corrected chi connectivity index (χ1v) is 12.1. The van der Waals surface area contributed by atoms with Crippen LogP contribution in [-0.4, -0.2) is 75.6 Å². The summed E-state index contributed by atoms with van der Waals surface area (Å²) in [6.07, 6.45) is 1.42. The van der Waals surface area contributed by atoms with Gasteiger partial charge in [0.2, 0.25) is 0 Å². The summed E-state index contributed by atoms with van der Waals surface area (Å²) in [6.45, 7) is 21.1. The molecule has 0 aromatic heterocycles. The van der Waals surface area contributed by atoms with Gasteiger partial charge in [-0.2, -0.15) is 5.10 Å². The number of benzene rings is 1. The van der Waals surface area contributed by atoms with Crippen molar-refractivity contribution in [3.05, 3.63) is 29.3 Å². The first-order chi connectivity index (χ1) is 15.5. The van der Waals surface area contributed by atoms with Crippen LogP contribution in [0.5, 0.6) is 0 Å². The van der Waals surface area contributed by atoms with E-state index in [4.69, 9.17) is 15.3 Å². The molecule has 3 aliphatic rings. The van der Waals surface area contributed by atoms with Crippen molar-refractivity contribution in [1.82, 2.24) is 4.90 Å². The lowest BCUT2D eigenvalue weighted by atomic mass is 9.77. The van der Waals surface area contributed by atoms with Crippen LogP contribution >= 0.6 is 0 Å². The van der Waals surface area contributed by atoms with Crippen LogP contribution in [0.2, 0.25) is 0 Å². The van der Waals surface area contributed by atoms with Gasteiger partial charge < -0.3 is 25.1 Å². The molecule has 4 rings (SSSR count). The molecule has 1 aromatic rings. The summed E-state index contributed by atoms with van der Waals surface area (Å²) in [6, 6.07) is 6.51. The van der Waals surface area contributed by atoms with E-state index in [0.717, 1.165) is 24.2 Å². The smallest absolute Gasteiger partial charge is 0.176 e. The number of rotatable bonds is 7. The van der Waals surface area contributed by atoms with Crippen LogP contribution in [0.25, 0.3) is 0 Å². The van der Waals surface area contributed by atoms with Gasteiger partial charge >= 0.3 is 0 Å². The maximum Gasteiger partial charge on any atom is 0.176 e. The average Bonchev–Trinajstić information content (AvgIpc) is 2.69. The lowest BCUT2D eigenvalue weighted by molar-refractivity contribution is -0.215. The molecule has 0 aliphatic carbocycles. The lowest BCUT2D eigenvalue weighted by Crippen LogP contribution is -2.64. The van der Waals surface area contributed by atoms with Gasteiger partial charge in [0.25, 0.3) is 0 Å². The number of nitrogens with zero attached hydrogens (tertiary/aromatic N) is 4. The summed E-state index contributed by atoms with van der Waals surface area (Å²) in [4.78, 5) is 9.55. The van der Waals surface area contributed by atoms with E-state index in [1.807, 2.05) is 0 Å². The molecule has 2 N–H and O–H groups in total. The van der Waals surface area contributed by atoms with Gasteiger partial charge in [0, 0.05) is 61.0 Å². The van der Waals surface area contributed by atoms with Crippen molar-refractivity contribution < 1.29 is 9.47 Å². The van der Waals surface area contributed by atoms with E-state index in [2.05, 4.69) is 79.6 Å². The molecule has 33 heavy (non-hydrogen) atoms. The molecule has 1 aromatic carbocycles. The Labute approximate surface area is 199 Å². The molecule has 0 spiro atoms. The summed E-state index contributed by atoms with van der Waals surface area (Å²) in [5.74, 6) is 5.70. The zero-order valence-electron chi connectivity index (χ0n) is 21.2. The molecule has 7 nitrogen and oxygen atoms in total. The van der Waals surface area contributed by atoms with Crippen LogP contribution in [-0.2, 0) is 9.47 Å². The molecule has 3 fully saturated rings. The van der Waals surface area contributed by atoms with Gasteiger partial charge in [0.05, 0.1) is 19.8 Å². The molecule has 3 aliphatic heterocycles.